The highest BCUT2D eigenvalue weighted by Crippen LogP contribution is 2.19. The summed E-state index contributed by atoms with van der Waals surface area (Å²) < 4.78 is 24.3. The van der Waals surface area contributed by atoms with Crippen LogP contribution in [0, 0.1) is 19.7 Å². The number of aryl methyl sites for hydroxylation is 3. The molecule has 0 radical (unpaired) electrons. The molecule has 2 heterocycles. The van der Waals surface area contributed by atoms with E-state index in [4.69, 9.17) is 9.15 Å². The van der Waals surface area contributed by atoms with Crippen LogP contribution >= 0.6 is 0 Å². The van der Waals surface area contributed by atoms with Gasteiger partial charge in [-0.25, -0.2) is 9.18 Å². The summed E-state index contributed by atoms with van der Waals surface area (Å²) in [7, 11) is 0. The van der Waals surface area contributed by atoms with Crippen LogP contribution in [0.5, 0.6) is 5.75 Å². The fourth-order valence-electron chi connectivity index (χ4n) is 3.09. The highest BCUT2D eigenvalue weighted by Gasteiger charge is 2.27. The molecule has 3 rings (SSSR count). The third kappa shape index (κ3) is 4.50. The minimum atomic E-state index is -0.448. The van der Waals surface area contributed by atoms with Crippen LogP contribution in [0.15, 0.2) is 39.5 Å². The molecule has 6 heteroatoms. The van der Waals surface area contributed by atoms with Crippen LogP contribution in [0.1, 0.15) is 29.7 Å². The fourth-order valence-corrected chi connectivity index (χ4v) is 3.09. The fraction of sp³-hybridized carbons (Fsp3) is 0.400. The summed E-state index contributed by atoms with van der Waals surface area (Å²) in [4.78, 5) is 25.5. The first kappa shape index (κ1) is 18.2. The highest BCUT2D eigenvalue weighted by atomic mass is 19.1. The smallest absolute Gasteiger partial charge is 0.339 e. The van der Waals surface area contributed by atoms with Gasteiger partial charge < -0.3 is 14.1 Å². The molecule has 0 N–H and O–H groups in total. The summed E-state index contributed by atoms with van der Waals surface area (Å²) in [5, 5.41) is 0. The maximum absolute atomic E-state index is 13.6. The van der Waals surface area contributed by atoms with Gasteiger partial charge in [-0.2, -0.15) is 0 Å². The number of amides is 1. The van der Waals surface area contributed by atoms with Gasteiger partial charge >= 0.3 is 5.63 Å². The first-order chi connectivity index (χ1) is 12.4. The maximum Gasteiger partial charge on any atom is 0.339 e. The van der Waals surface area contributed by atoms with E-state index in [0.717, 1.165) is 5.56 Å². The van der Waals surface area contributed by atoms with Crippen LogP contribution in [0.3, 0.4) is 0 Å². The van der Waals surface area contributed by atoms with Crippen molar-refractivity contribution in [1.82, 2.24) is 4.90 Å². The number of hydrogen-bond donors (Lipinski definition) is 0. The number of carbonyl (C=O) groups excluding carboxylic acids is 1. The highest BCUT2D eigenvalue weighted by molar-refractivity contribution is 5.76. The van der Waals surface area contributed by atoms with Crippen LogP contribution in [0.25, 0.3) is 0 Å². The first-order valence-electron chi connectivity index (χ1n) is 8.72. The molecule has 0 bridgehead atoms. The van der Waals surface area contributed by atoms with Gasteiger partial charge in [-0.15, -0.1) is 0 Å². The van der Waals surface area contributed by atoms with Gasteiger partial charge in [-0.3, -0.25) is 4.79 Å². The SMILES string of the molecule is Cc1cc(OC2CCN(C(=O)CCc3ccc(C)c(F)c3)C2)cc(=O)o1. The molecule has 1 atom stereocenters. The standard InChI is InChI=1S/C20H22FNO4/c1-13-3-4-15(10-18(13)21)5-6-19(23)22-8-7-16(12-22)26-17-9-14(2)25-20(24)11-17/h3-4,9-11,16H,5-8,12H2,1-2H3. The van der Waals surface area contributed by atoms with E-state index in [2.05, 4.69) is 0 Å². The van der Waals surface area contributed by atoms with Gasteiger partial charge in [0.1, 0.15) is 23.4 Å². The first-order valence-corrected chi connectivity index (χ1v) is 8.72. The zero-order valence-electron chi connectivity index (χ0n) is 15.0. The topological polar surface area (TPSA) is 59.8 Å². The van der Waals surface area contributed by atoms with Crippen LogP contribution in [-0.2, 0) is 11.2 Å². The van der Waals surface area contributed by atoms with Gasteiger partial charge in [0.2, 0.25) is 5.91 Å². The van der Waals surface area contributed by atoms with Crippen molar-refractivity contribution in [3.63, 3.8) is 0 Å². The second kappa shape index (κ2) is 7.72. The minimum absolute atomic E-state index is 0.0286. The Labute approximate surface area is 151 Å². The summed E-state index contributed by atoms with van der Waals surface area (Å²) in [5.74, 6) is 0.741. The third-order valence-electron chi connectivity index (χ3n) is 4.53. The van der Waals surface area contributed by atoms with Crippen molar-refractivity contribution < 1.29 is 18.3 Å². The van der Waals surface area contributed by atoms with Crippen molar-refractivity contribution in [2.75, 3.05) is 13.1 Å². The molecular weight excluding hydrogens is 337 g/mol. The Morgan fingerprint density at radius 2 is 2.12 bits per heavy atom. The number of likely N-dealkylation sites (tertiary alicyclic amines) is 1. The second-order valence-electron chi connectivity index (χ2n) is 6.67. The zero-order chi connectivity index (χ0) is 18.7. The normalized spacial score (nSPS) is 16.7. The Morgan fingerprint density at radius 3 is 2.85 bits per heavy atom. The maximum atomic E-state index is 13.6. The Bertz CT molecular complexity index is 861. The van der Waals surface area contributed by atoms with Gasteiger partial charge in [-0.1, -0.05) is 12.1 Å². The molecular formula is C20H22FNO4. The Kier molecular flexibility index (Phi) is 5.40. The summed E-state index contributed by atoms with van der Waals surface area (Å²) in [6.45, 7) is 4.51. The van der Waals surface area contributed by atoms with Crippen LogP contribution in [-0.4, -0.2) is 30.0 Å². The Balaban J connectivity index is 1.52. The Morgan fingerprint density at radius 1 is 1.31 bits per heavy atom. The van der Waals surface area contributed by atoms with E-state index in [1.54, 1.807) is 30.9 Å². The lowest BCUT2D eigenvalue weighted by Crippen LogP contribution is -2.31. The van der Waals surface area contributed by atoms with E-state index < -0.39 is 5.63 Å². The largest absolute Gasteiger partial charge is 0.488 e. The summed E-state index contributed by atoms with van der Waals surface area (Å²) >= 11 is 0. The molecule has 26 heavy (non-hydrogen) atoms. The van der Waals surface area contributed by atoms with Crippen molar-refractivity contribution in [2.45, 2.75) is 39.2 Å². The van der Waals surface area contributed by atoms with Crippen LogP contribution in [0.2, 0.25) is 0 Å². The van der Waals surface area contributed by atoms with Gasteiger partial charge in [0.05, 0.1) is 12.6 Å². The molecule has 0 aliphatic carbocycles. The molecule has 1 unspecified atom stereocenters. The molecule has 138 valence electrons. The zero-order valence-corrected chi connectivity index (χ0v) is 15.0. The molecule has 1 fully saturated rings. The predicted molar refractivity (Wildman–Crippen MR) is 94.8 cm³/mol. The quantitative estimate of drug-likeness (QED) is 0.823. The van der Waals surface area contributed by atoms with E-state index in [1.165, 1.54) is 12.1 Å². The van der Waals surface area contributed by atoms with Crippen LogP contribution < -0.4 is 10.4 Å². The minimum Gasteiger partial charge on any atom is -0.488 e. The van der Waals surface area contributed by atoms with Gasteiger partial charge in [0.25, 0.3) is 0 Å². The molecule has 1 amide bonds. The number of ether oxygens (including phenoxy) is 1. The number of nitrogens with zero attached hydrogens (tertiary/aromatic N) is 1. The molecule has 1 aromatic carbocycles. The average molecular weight is 359 g/mol. The van der Waals surface area contributed by atoms with Crippen molar-refractivity contribution in [2.24, 2.45) is 0 Å². The van der Waals surface area contributed by atoms with E-state index in [-0.39, 0.29) is 17.8 Å². The third-order valence-corrected chi connectivity index (χ3v) is 4.53. The summed E-state index contributed by atoms with van der Waals surface area (Å²) in [6.07, 6.45) is 1.42. The molecule has 1 aliphatic heterocycles. The van der Waals surface area contributed by atoms with E-state index in [9.17, 15) is 14.0 Å². The lowest BCUT2D eigenvalue weighted by Gasteiger charge is -2.17. The van der Waals surface area contributed by atoms with E-state index >= 15 is 0 Å². The van der Waals surface area contributed by atoms with Crippen molar-refractivity contribution in [3.05, 3.63) is 63.5 Å². The number of hydrogen-bond acceptors (Lipinski definition) is 4. The van der Waals surface area contributed by atoms with E-state index in [1.807, 2.05) is 6.07 Å². The van der Waals surface area contributed by atoms with Crippen molar-refractivity contribution in [1.29, 1.82) is 0 Å². The Hall–Kier alpha value is -2.63. The lowest BCUT2D eigenvalue weighted by atomic mass is 10.1. The van der Waals surface area contributed by atoms with Crippen molar-refractivity contribution in [3.8, 4) is 5.75 Å². The summed E-state index contributed by atoms with van der Waals surface area (Å²) in [5.41, 5.74) is 0.973. The molecule has 1 saturated heterocycles. The van der Waals surface area contributed by atoms with Gasteiger partial charge in [0, 0.05) is 25.5 Å². The number of halogens is 1. The predicted octanol–water partition coefficient (Wildman–Crippen LogP) is 3.01. The van der Waals surface area contributed by atoms with Gasteiger partial charge in [0.15, 0.2) is 0 Å². The molecule has 1 aromatic heterocycles. The second-order valence-corrected chi connectivity index (χ2v) is 6.67. The lowest BCUT2D eigenvalue weighted by molar-refractivity contribution is -0.130. The molecule has 0 spiro atoms. The molecule has 2 aromatic rings. The van der Waals surface area contributed by atoms with Gasteiger partial charge in [-0.05, 0) is 37.5 Å². The number of benzene rings is 1. The monoisotopic (exact) mass is 359 g/mol. The van der Waals surface area contributed by atoms with Crippen LogP contribution in [0.4, 0.5) is 4.39 Å². The van der Waals surface area contributed by atoms with E-state index in [0.29, 0.717) is 49.4 Å². The number of rotatable bonds is 5. The average Bonchev–Trinajstić information content (AvgIpc) is 3.03. The number of carbonyl (C=O) groups is 1. The molecule has 0 saturated carbocycles. The molecule has 1 aliphatic rings. The molecule has 5 nitrogen and oxygen atoms in total. The summed E-state index contributed by atoms with van der Waals surface area (Å²) in [6, 6.07) is 8.04. The van der Waals surface area contributed by atoms with Crippen molar-refractivity contribution >= 4 is 5.91 Å².